The summed E-state index contributed by atoms with van der Waals surface area (Å²) in [5, 5.41) is 36.5. The Hall–Kier alpha value is -2.75. The van der Waals surface area contributed by atoms with Crippen LogP contribution in [0.15, 0.2) is 46.6 Å². The third-order valence-corrected chi connectivity index (χ3v) is 15.6. The van der Waals surface area contributed by atoms with E-state index < -0.39 is 52.6 Å². The molecular weight excluding hydrogens is 672 g/mol. The van der Waals surface area contributed by atoms with E-state index in [0.29, 0.717) is 36.0 Å². The first-order chi connectivity index (χ1) is 24.7. The van der Waals surface area contributed by atoms with Gasteiger partial charge in [-0.25, -0.2) is 14.4 Å². The van der Waals surface area contributed by atoms with Gasteiger partial charge in [-0.3, -0.25) is 0 Å². The molecule has 9 nitrogen and oxygen atoms in total. The molecular formula is C44H66O9. The van der Waals surface area contributed by atoms with Crippen molar-refractivity contribution in [3.05, 3.63) is 46.6 Å². The first kappa shape index (κ1) is 41.4. The summed E-state index contributed by atoms with van der Waals surface area (Å²) in [7, 11) is 0. The number of fused-ring (bicyclic) bond motifs is 7. The van der Waals surface area contributed by atoms with Crippen molar-refractivity contribution in [3.8, 4) is 0 Å². The molecule has 296 valence electrons. The summed E-state index contributed by atoms with van der Waals surface area (Å²) in [5.74, 6) is -1.31. The Morgan fingerprint density at radius 2 is 1.28 bits per heavy atom. The van der Waals surface area contributed by atoms with E-state index in [1.165, 1.54) is 5.57 Å². The van der Waals surface area contributed by atoms with E-state index in [4.69, 9.17) is 14.2 Å². The molecule has 12 atom stereocenters. The number of allylic oxidation sites excluding steroid dienone is 5. The highest BCUT2D eigenvalue weighted by Crippen LogP contribution is 2.72. The molecule has 9 heteroatoms. The van der Waals surface area contributed by atoms with Gasteiger partial charge in [0.05, 0.1) is 24.2 Å². The Morgan fingerprint density at radius 1 is 0.736 bits per heavy atom. The van der Waals surface area contributed by atoms with Crippen LogP contribution in [0, 0.1) is 50.7 Å². The topological polar surface area (TPSA) is 140 Å². The highest BCUT2D eigenvalue weighted by Gasteiger charge is 2.70. The summed E-state index contributed by atoms with van der Waals surface area (Å²) >= 11 is 0. The van der Waals surface area contributed by atoms with Crippen LogP contribution in [0.25, 0.3) is 0 Å². The van der Waals surface area contributed by atoms with Crippen LogP contribution in [0.3, 0.4) is 0 Å². The van der Waals surface area contributed by atoms with Gasteiger partial charge in [0.15, 0.2) is 0 Å². The lowest BCUT2D eigenvalue weighted by Crippen LogP contribution is -2.70. The number of carbonyl (C=O) groups is 3. The lowest BCUT2D eigenvalue weighted by atomic mass is 9.36. The number of hydrogen-bond donors (Lipinski definition) is 3. The molecule has 5 unspecified atom stereocenters. The molecule has 0 aliphatic heterocycles. The smallest absolute Gasteiger partial charge is 0.333 e. The molecule has 0 saturated heterocycles. The van der Waals surface area contributed by atoms with Crippen LogP contribution >= 0.6 is 0 Å². The van der Waals surface area contributed by atoms with Crippen molar-refractivity contribution in [3.63, 3.8) is 0 Å². The second kappa shape index (κ2) is 14.7. The van der Waals surface area contributed by atoms with Crippen molar-refractivity contribution < 1.29 is 43.9 Å². The van der Waals surface area contributed by atoms with E-state index in [1.54, 1.807) is 52.8 Å². The molecule has 3 N–H and O–H groups in total. The molecule has 0 aromatic rings. The standard InChI is InChI=1S/C44H66O9/c1-12-25(4)37(48)51-23-43(11)32-17-19-41(9)29-21-34(46)44(24-52-38(49)26(5)13-2)30(28(29)15-16-31(41)42(32,10)20-18-33(43)45)22-40(7,8)36(35(44)47)53-39(50)27(6)14-3/h12-15,29-36,45-47H,16-24H2,1-11H3/b25-12-,26-13-,27-14-/t29?,30?,31?,32?,33-,34+,35-,36-,41-,42+,43+,44?/m0/s1. The fourth-order valence-electron chi connectivity index (χ4n) is 11.9. The zero-order valence-electron chi connectivity index (χ0n) is 34.1. The van der Waals surface area contributed by atoms with E-state index in [-0.39, 0.29) is 53.7 Å². The normalized spacial score (nSPS) is 42.5. The average Bonchev–Trinajstić information content (AvgIpc) is 3.12. The quantitative estimate of drug-likeness (QED) is 0.102. The largest absolute Gasteiger partial charge is 0.462 e. The molecule has 5 aliphatic rings. The Bertz CT molecular complexity index is 1590. The summed E-state index contributed by atoms with van der Waals surface area (Å²) in [6, 6.07) is 0. The Kier molecular flexibility index (Phi) is 11.5. The minimum Gasteiger partial charge on any atom is -0.462 e. The number of rotatable bonds is 8. The number of carbonyl (C=O) groups excluding carboxylic acids is 3. The van der Waals surface area contributed by atoms with E-state index >= 15 is 0 Å². The molecule has 5 aliphatic carbocycles. The van der Waals surface area contributed by atoms with Crippen LogP contribution in [-0.4, -0.2) is 70.9 Å². The highest BCUT2D eigenvalue weighted by atomic mass is 16.6. The van der Waals surface area contributed by atoms with Crippen molar-refractivity contribution in [2.45, 2.75) is 146 Å². The molecule has 4 saturated carbocycles. The van der Waals surface area contributed by atoms with Crippen LogP contribution in [-0.2, 0) is 28.6 Å². The monoisotopic (exact) mass is 738 g/mol. The molecule has 0 amide bonds. The van der Waals surface area contributed by atoms with E-state index in [1.807, 2.05) is 20.8 Å². The predicted octanol–water partition coefficient (Wildman–Crippen LogP) is 7.19. The van der Waals surface area contributed by atoms with E-state index in [0.717, 1.165) is 25.7 Å². The van der Waals surface area contributed by atoms with Gasteiger partial charge in [-0.1, -0.05) is 64.5 Å². The second-order valence-corrected chi connectivity index (χ2v) is 18.7. The van der Waals surface area contributed by atoms with Gasteiger partial charge in [0.25, 0.3) is 0 Å². The molecule has 0 aromatic carbocycles. The minimum absolute atomic E-state index is 0.0146. The first-order valence-corrected chi connectivity index (χ1v) is 19.9. The van der Waals surface area contributed by atoms with Gasteiger partial charge in [-0.2, -0.15) is 0 Å². The minimum atomic E-state index is -1.30. The van der Waals surface area contributed by atoms with Gasteiger partial charge < -0.3 is 29.5 Å². The second-order valence-electron chi connectivity index (χ2n) is 18.7. The molecule has 5 rings (SSSR count). The summed E-state index contributed by atoms with van der Waals surface area (Å²) in [6.45, 7) is 21.2. The molecule has 0 bridgehead atoms. The number of aliphatic hydroxyl groups is 3. The molecule has 53 heavy (non-hydrogen) atoms. The number of hydrogen-bond acceptors (Lipinski definition) is 9. The van der Waals surface area contributed by atoms with Crippen molar-refractivity contribution >= 4 is 17.9 Å². The molecule has 4 fully saturated rings. The van der Waals surface area contributed by atoms with Gasteiger partial charge in [0.1, 0.15) is 18.8 Å². The van der Waals surface area contributed by atoms with Crippen molar-refractivity contribution in [2.24, 2.45) is 50.7 Å². The SMILES string of the molecule is C/C=C(/C)C(=O)OCC12C(CC(C)(C)[C@@H](OC(=O)/C(C)=C\C)[C@@H]1O)C1=CCC3[C@@](C)(CCC4[C@]3(C)CC[C@H](O)[C@]4(C)COC(=O)/C(C)=C\C)C1C[C@H]2O. The van der Waals surface area contributed by atoms with Crippen molar-refractivity contribution in [1.29, 1.82) is 0 Å². The number of aliphatic hydroxyl groups excluding tert-OH is 3. The lowest BCUT2D eigenvalue weighted by Gasteiger charge is -2.69. The van der Waals surface area contributed by atoms with Crippen LogP contribution < -0.4 is 0 Å². The van der Waals surface area contributed by atoms with Crippen LogP contribution in [0.2, 0.25) is 0 Å². The fraction of sp³-hybridized carbons (Fsp3) is 0.750. The van der Waals surface area contributed by atoms with Gasteiger partial charge in [0.2, 0.25) is 0 Å². The van der Waals surface area contributed by atoms with Gasteiger partial charge in [0, 0.05) is 27.5 Å². The van der Waals surface area contributed by atoms with Crippen LogP contribution in [0.1, 0.15) is 121 Å². The molecule has 0 spiro atoms. The average molecular weight is 739 g/mol. The van der Waals surface area contributed by atoms with E-state index in [9.17, 15) is 29.7 Å². The summed E-state index contributed by atoms with van der Waals surface area (Å²) in [6.07, 6.45) is 8.49. The Balaban J connectivity index is 1.55. The molecule has 0 aromatic heterocycles. The maximum atomic E-state index is 13.2. The zero-order chi connectivity index (χ0) is 39.5. The van der Waals surface area contributed by atoms with Gasteiger partial charge in [-0.15, -0.1) is 0 Å². The number of esters is 3. The van der Waals surface area contributed by atoms with Gasteiger partial charge >= 0.3 is 17.9 Å². The Morgan fingerprint density at radius 3 is 1.87 bits per heavy atom. The van der Waals surface area contributed by atoms with Crippen LogP contribution in [0.4, 0.5) is 0 Å². The lowest BCUT2D eigenvalue weighted by molar-refractivity contribution is -0.252. The third-order valence-electron chi connectivity index (χ3n) is 15.6. The zero-order valence-corrected chi connectivity index (χ0v) is 34.1. The summed E-state index contributed by atoms with van der Waals surface area (Å²) in [5.41, 5.74) is -0.278. The summed E-state index contributed by atoms with van der Waals surface area (Å²) in [4.78, 5) is 39.0. The van der Waals surface area contributed by atoms with Gasteiger partial charge in [-0.05, 0) is 121 Å². The van der Waals surface area contributed by atoms with Crippen molar-refractivity contribution in [2.75, 3.05) is 13.2 Å². The maximum absolute atomic E-state index is 13.2. The molecule has 0 heterocycles. The first-order valence-electron chi connectivity index (χ1n) is 19.9. The fourth-order valence-corrected chi connectivity index (χ4v) is 11.9. The Labute approximate surface area is 317 Å². The van der Waals surface area contributed by atoms with Crippen LogP contribution in [0.5, 0.6) is 0 Å². The van der Waals surface area contributed by atoms with E-state index in [2.05, 4.69) is 26.8 Å². The number of ether oxygens (including phenoxy) is 3. The molecule has 0 radical (unpaired) electrons. The third kappa shape index (κ3) is 6.58. The predicted molar refractivity (Wildman–Crippen MR) is 203 cm³/mol. The van der Waals surface area contributed by atoms with Crippen molar-refractivity contribution in [1.82, 2.24) is 0 Å². The maximum Gasteiger partial charge on any atom is 0.333 e. The summed E-state index contributed by atoms with van der Waals surface area (Å²) < 4.78 is 17.9. The highest BCUT2D eigenvalue weighted by molar-refractivity contribution is 5.88.